The maximum atomic E-state index is 5.86. The van der Waals surface area contributed by atoms with Gasteiger partial charge in [0.2, 0.25) is 0 Å². The SMILES string of the molecule is CCc1ccc(-n2c(C)cc([C@@H]3[C@H](c4ccccn4)NC(=S)N3Cc3cccnc3)c2C)cc1. The summed E-state index contributed by atoms with van der Waals surface area (Å²) in [5.74, 6) is 0. The van der Waals surface area contributed by atoms with Crippen molar-refractivity contribution < 1.29 is 0 Å². The van der Waals surface area contributed by atoms with Gasteiger partial charge in [0.15, 0.2) is 5.11 Å². The molecular weight excluding hydrogens is 438 g/mol. The maximum Gasteiger partial charge on any atom is 0.170 e. The summed E-state index contributed by atoms with van der Waals surface area (Å²) in [5, 5.41) is 4.30. The summed E-state index contributed by atoms with van der Waals surface area (Å²) in [6, 6.07) is 21.2. The van der Waals surface area contributed by atoms with Crippen LogP contribution in [0.3, 0.4) is 0 Å². The van der Waals surface area contributed by atoms with Gasteiger partial charge in [-0.15, -0.1) is 0 Å². The fourth-order valence-corrected chi connectivity index (χ4v) is 5.27. The minimum Gasteiger partial charge on any atom is -0.352 e. The number of benzene rings is 1. The van der Waals surface area contributed by atoms with Crippen molar-refractivity contribution in [3.05, 3.63) is 113 Å². The Balaban J connectivity index is 1.60. The van der Waals surface area contributed by atoms with Crippen molar-refractivity contribution >= 4 is 17.3 Å². The summed E-state index contributed by atoms with van der Waals surface area (Å²) in [5.41, 5.74) is 8.31. The predicted octanol–water partition coefficient (Wildman–Crippen LogP) is 5.62. The van der Waals surface area contributed by atoms with E-state index in [1.807, 2.05) is 30.6 Å². The Labute approximate surface area is 206 Å². The van der Waals surface area contributed by atoms with E-state index in [1.165, 1.54) is 28.2 Å². The smallest absolute Gasteiger partial charge is 0.170 e. The molecule has 2 atom stereocenters. The van der Waals surface area contributed by atoms with Gasteiger partial charge >= 0.3 is 0 Å². The molecule has 4 heterocycles. The van der Waals surface area contributed by atoms with Crippen molar-refractivity contribution in [3.63, 3.8) is 0 Å². The molecule has 34 heavy (non-hydrogen) atoms. The summed E-state index contributed by atoms with van der Waals surface area (Å²) in [7, 11) is 0. The van der Waals surface area contributed by atoms with Crippen LogP contribution in [-0.4, -0.2) is 24.5 Å². The van der Waals surface area contributed by atoms with Crippen LogP contribution >= 0.6 is 12.2 Å². The molecule has 0 radical (unpaired) electrons. The molecule has 1 saturated heterocycles. The highest BCUT2D eigenvalue weighted by Crippen LogP contribution is 2.42. The molecule has 1 aliphatic heterocycles. The standard InChI is InChI=1S/C28H29N5S/c1-4-21-10-12-23(13-11-21)33-19(2)16-24(20(33)3)27-26(25-9-5-6-15-30-25)31-28(34)32(27)18-22-8-7-14-29-17-22/h5-17,26-27H,4,18H2,1-3H3,(H,31,34)/t26-,27+/m0/s1. The molecule has 172 valence electrons. The number of nitrogens with zero attached hydrogens (tertiary/aromatic N) is 4. The van der Waals surface area contributed by atoms with Gasteiger partial charge < -0.3 is 14.8 Å². The monoisotopic (exact) mass is 467 g/mol. The van der Waals surface area contributed by atoms with Crippen LogP contribution < -0.4 is 5.32 Å². The number of hydrogen-bond acceptors (Lipinski definition) is 3. The van der Waals surface area contributed by atoms with Crippen molar-refractivity contribution in [2.75, 3.05) is 0 Å². The quantitative estimate of drug-likeness (QED) is 0.373. The Morgan fingerprint density at radius 3 is 2.47 bits per heavy atom. The average Bonchev–Trinajstić information content (AvgIpc) is 3.35. The van der Waals surface area contributed by atoms with Gasteiger partial charge in [-0.3, -0.25) is 9.97 Å². The third-order valence-corrected chi connectivity index (χ3v) is 7.02. The molecule has 6 heteroatoms. The molecule has 4 aromatic rings. The zero-order valence-corrected chi connectivity index (χ0v) is 20.6. The lowest BCUT2D eigenvalue weighted by atomic mass is 9.96. The van der Waals surface area contributed by atoms with Crippen LogP contribution in [0.2, 0.25) is 0 Å². The van der Waals surface area contributed by atoms with Crippen molar-refractivity contribution in [1.82, 2.24) is 24.8 Å². The van der Waals surface area contributed by atoms with Crippen LogP contribution in [0.25, 0.3) is 5.69 Å². The van der Waals surface area contributed by atoms with Gasteiger partial charge in [0.1, 0.15) is 0 Å². The molecule has 0 saturated carbocycles. The average molecular weight is 468 g/mol. The lowest BCUT2D eigenvalue weighted by Gasteiger charge is -2.28. The highest BCUT2D eigenvalue weighted by molar-refractivity contribution is 7.80. The van der Waals surface area contributed by atoms with Gasteiger partial charge in [0.05, 0.1) is 17.8 Å². The molecule has 5 nitrogen and oxygen atoms in total. The lowest BCUT2D eigenvalue weighted by molar-refractivity contribution is 0.310. The lowest BCUT2D eigenvalue weighted by Crippen LogP contribution is -2.29. The van der Waals surface area contributed by atoms with Crippen molar-refractivity contribution in [3.8, 4) is 5.69 Å². The number of hydrogen-bond donors (Lipinski definition) is 1. The predicted molar refractivity (Wildman–Crippen MR) is 140 cm³/mol. The molecule has 1 fully saturated rings. The Hall–Kier alpha value is -3.51. The van der Waals surface area contributed by atoms with E-state index in [0.29, 0.717) is 6.54 Å². The van der Waals surface area contributed by atoms with Gasteiger partial charge in [0.25, 0.3) is 0 Å². The fourth-order valence-electron chi connectivity index (χ4n) is 4.97. The molecule has 3 aromatic heterocycles. The summed E-state index contributed by atoms with van der Waals surface area (Å²) < 4.78 is 2.34. The van der Waals surface area contributed by atoms with E-state index in [4.69, 9.17) is 12.2 Å². The highest BCUT2D eigenvalue weighted by atomic mass is 32.1. The van der Waals surface area contributed by atoms with Crippen LogP contribution in [0.5, 0.6) is 0 Å². The minimum absolute atomic E-state index is 0.0115. The first-order chi connectivity index (χ1) is 16.6. The normalized spacial score (nSPS) is 17.7. The number of aromatic nitrogens is 3. The zero-order valence-electron chi connectivity index (χ0n) is 19.8. The van der Waals surface area contributed by atoms with Crippen molar-refractivity contribution in [2.24, 2.45) is 0 Å². The molecule has 0 amide bonds. The minimum atomic E-state index is -0.0400. The molecule has 0 bridgehead atoms. The van der Waals surface area contributed by atoms with Crippen LogP contribution in [0.4, 0.5) is 0 Å². The number of pyridine rings is 2. The van der Waals surface area contributed by atoms with E-state index in [0.717, 1.165) is 22.8 Å². The topological polar surface area (TPSA) is 46.0 Å². The Bertz CT molecular complexity index is 1280. The van der Waals surface area contributed by atoms with Gasteiger partial charge in [0, 0.05) is 42.2 Å². The first kappa shape index (κ1) is 22.3. The molecule has 0 spiro atoms. The second kappa shape index (κ2) is 9.39. The third kappa shape index (κ3) is 4.10. The molecule has 5 rings (SSSR count). The molecule has 0 unspecified atom stereocenters. The highest BCUT2D eigenvalue weighted by Gasteiger charge is 2.41. The van der Waals surface area contributed by atoms with Crippen molar-refractivity contribution in [1.29, 1.82) is 0 Å². The number of rotatable bonds is 6. The first-order valence-electron chi connectivity index (χ1n) is 11.7. The Morgan fingerprint density at radius 1 is 0.971 bits per heavy atom. The van der Waals surface area contributed by atoms with E-state index < -0.39 is 0 Å². The van der Waals surface area contributed by atoms with E-state index in [-0.39, 0.29) is 12.1 Å². The Kier molecular flexibility index (Phi) is 6.16. The second-order valence-electron chi connectivity index (χ2n) is 8.80. The van der Waals surface area contributed by atoms with E-state index in [2.05, 4.69) is 88.0 Å². The third-order valence-electron chi connectivity index (χ3n) is 6.67. The first-order valence-corrected chi connectivity index (χ1v) is 12.1. The summed E-state index contributed by atoms with van der Waals surface area (Å²) in [6.07, 6.45) is 6.59. The van der Waals surface area contributed by atoms with E-state index in [1.54, 1.807) is 6.20 Å². The fraction of sp³-hybridized carbons (Fsp3) is 0.250. The van der Waals surface area contributed by atoms with Gasteiger partial charge in [-0.2, -0.15) is 0 Å². The van der Waals surface area contributed by atoms with Gasteiger partial charge in [-0.05, 0) is 85.6 Å². The van der Waals surface area contributed by atoms with Crippen LogP contribution in [-0.2, 0) is 13.0 Å². The molecule has 1 aliphatic rings. The molecule has 1 N–H and O–H groups in total. The zero-order chi connectivity index (χ0) is 23.7. The van der Waals surface area contributed by atoms with E-state index in [9.17, 15) is 0 Å². The molecule has 0 aliphatic carbocycles. The van der Waals surface area contributed by atoms with Crippen LogP contribution in [0, 0.1) is 13.8 Å². The molecule has 1 aromatic carbocycles. The number of nitrogens with one attached hydrogen (secondary N) is 1. The second-order valence-corrected chi connectivity index (χ2v) is 9.18. The molecular formula is C28H29N5S. The maximum absolute atomic E-state index is 5.86. The van der Waals surface area contributed by atoms with Gasteiger partial charge in [-0.25, -0.2) is 0 Å². The summed E-state index contributed by atoms with van der Waals surface area (Å²) in [4.78, 5) is 11.3. The van der Waals surface area contributed by atoms with Crippen molar-refractivity contribution in [2.45, 2.75) is 45.8 Å². The largest absolute Gasteiger partial charge is 0.352 e. The Morgan fingerprint density at radius 2 is 1.79 bits per heavy atom. The summed E-state index contributed by atoms with van der Waals surface area (Å²) >= 11 is 5.86. The van der Waals surface area contributed by atoms with Gasteiger partial charge in [-0.1, -0.05) is 31.2 Å². The summed E-state index contributed by atoms with van der Waals surface area (Å²) in [6.45, 7) is 7.24. The number of aryl methyl sites for hydroxylation is 2. The van der Waals surface area contributed by atoms with E-state index >= 15 is 0 Å². The van der Waals surface area contributed by atoms with Crippen LogP contribution in [0.15, 0.2) is 79.3 Å². The van der Waals surface area contributed by atoms with Crippen LogP contribution in [0.1, 0.15) is 52.8 Å². The number of thiocarbonyl (C=S) groups is 1.